The Bertz CT molecular complexity index is 614. The molecule has 0 fully saturated rings. The molecule has 0 saturated carbocycles. The number of aromatic nitrogens is 4. The van der Waals surface area contributed by atoms with E-state index in [1.54, 1.807) is 0 Å². The van der Waals surface area contributed by atoms with Crippen molar-refractivity contribution in [2.24, 2.45) is 0 Å². The van der Waals surface area contributed by atoms with E-state index in [9.17, 15) is 0 Å². The summed E-state index contributed by atoms with van der Waals surface area (Å²) in [7, 11) is 0. The van der Waals surface area contributed by atoms with Gasteiger partial charge in [0.1, 0.15) is 11.8 Å². The summed E-state index contributed by atoms with van der Waals surface area (Å²) in [6.07, 6.45) is 1.45. The van der Waals surface area contributed by atoms with Crippen LogP contribution in [0.25, 0.3) is 11.1 Å². The first-order valence-corrected chi connectivity index (χ1v) is 5.94. The van der Waals surface area contributed by atoms with Crippen molar-refractivity contribution in [1.82, 2.24) is 19.9 Å². The molecule has 0 atom stereocenters. The van der Waals surface area contributed by atoms with Gasteiger partial charge < -0.3 is 10.3 Å². The normalized spacial score (nSPS) is 11.1. The molecule has 1 aromatic carbocycles. The highest BCUT2D eigenvalue weighted by Gasteiger charge is 2.08. The Balaban J connectivity index is 1.79. The lowest BCUT2D eigenvalue weighted by Gasteiger charge is -1.96. The number of para-hydroxylation sites is 2. The zero-order valence-electron chi connectivity index (χ0n) is 8.78. The van der Waals surface area contributed by atoms with Gasteiger partial charge in [-0.1, -0.05) is 23.9 Å². The molecule has 0 saturated heterocycles. The van der Waals surface area contributed by atoms with E-state index < -0.39 is 0 Å². The number of nitrogens with zero attached hydrogens (tertiary/aromatic N) is 4. The van der Waals surface area contributed by atoms with Gasteiger partial charge >= 0.3 is 0 Å². The maximum absolute atomic E-state index is 5.60. The molecule has 17 heavy (non-hydrogen) atoms. The maximum atomic E-state index is 5.60. The molecule has 0 radical (unpaired) electrons. The lowest BCUT2D eigenvalue weighted by atomic mass is 10.3. The van der Waals surface area contributed by atoms with E-state index in [-0.39, 0.29) is 0 Å². The van der Waals surface area contributed by atoms with Crippen LogP contribution in [0.2, 0.25) is 0 Å². The van der Waals surface area contributed by atoms with Crippen LogP contribution in [0.3, 0.4) is 0 Å². The quantitative estimate of drug-likeness (QED) is 0.556. The van der Waals surface area contributed by atoms with Crippen LogP contribution in [0.5, 0.6) is 0 Å². The molecule has 2 aromatic heterocycles. The molecule has 0 aliphatic carbocycles. The number of rotatable bonds is 3. The summed E-state index contributed by atoms with van der Waals surface area (Å²) in [5, 5.41) is 8.19. The highest BCUT2D eigenvalue weighted by molar-refractivity contribution is 7.98. The van der Waals surface area contributed by atoms with Crippen molar-refractivity contribution in [1.29, 1.82) is 0 Å². The van der Waals surface area contributed by atoms with E-state index >= 15 is 0 Å². The van der Waals surface area contributed by atoms with Crippen LogP contribution in [0.1, 0.15) is 5.89 Å². The third-order valence-corrected chi connectivity index (χ3v) is 3.15. The van der Waals surface area contributed by atoms with Crippen LogP contribution < -0.4 is 5.84 Å². The van der Waals surface area contributed by atoms with Gasteiger partial charge in [0.15, 0.2) is 5.58 Å². The Morgan fingerprint density at radius 1 is 1.35 bits per heavy atom. The number of hydrogen-bond donors (Lipinski definition) is 1. The third kappa shape index (κ3) is 1.96. The highest BCUT2D eigenvalue weighted by Crippen LogP contribution is 2.22. The minimum Gasteiger partial charge on any atom is -0.440 e. The molecule has 0 unspecified atom stereocenters. The number of nitrogens with two attached hydrogens (primary N) is 1. The molecule has 86 valence electrons. The van der Waals surface area contributed by atoms with Gasteiger partial charge in [-0.15, -0.1) is 10.2 Å². The second-order valence-corrected chi connectivity index (χ2v) is 4.33. The summed E-state index contributed by atoms with van der Waals surface area (Å²) in [6.45, 7) is 0. The topological polar surface area (TPSA) is 82.8 Å². The molecular formula is C10H9N5OS. The number of benzene rings is 1. The van der Waals surface area contributed by atoms with E-state index in [0.717, 1.165) is 11.1 Å². The zero-order valence-corrected chi connectivity index (χ0v) is 9.59. The van der Waals surface area contributed by atoms with Crippen molar-refractivity contribution in [3.8, 4) is 0 Å². The Morgan fingerprint density at radius 2 is 2.24 bits per heavy atom. The Hall–Kier alpha value is -2.02. The molecule has 3 aromatic rings. The van der Waals surface area contributed by atoms with Gasteiger partial charge in [-0.05, 0) is 12.1 Å². The van der Waals surface area contributed by atoms with Crippen molar-refractivity contribution in [2.75, 3.05) is 5.84 Å². The second-order valence-electron chi connectivity index (χ2n) is 3.38. The lowest BCUT2D eigenvalue weighted by molar-refractivity contribution is 0.556. The van der Waals surface area contributed by atoms with E-state index in [1.807, 2.05) is 24.3 Å². The van der Waals surface area contributed by atoms with Crippen LogP contribution in [0.15, 0.2) is 40.2 Å². The molecule has 0 aliphatic rings. The summed E-state index contributed by atoms with van der Waals surface area (Å²) in [4.78, 5) is 4.36. The van der Waals surface area contributed by atoms with Crippen LogP contribution >= 0.6 is 11.8 Å². The van der Waals surface area contributed by atoms with E-state index in [2.05, 4.69) is 15.2 Å². The van der Waals surface area contributed by atoms with E-state index in [1.165, 1.54) is 22.8 Å². The Morgan fingerprint density at radius 3 is 3.00 bits per heavy atom. The maximum Gasteiger partial charge on any atom is 0.209 e. The first-order chi connectivity index (χ1) is 8.33. The summed E-state index contributed by atoms with van der Waals surface area (Å²) in [5.74, 6) is 6.83. The summed E-state index contributed by atoms with van der Waals surface area (Å²) >= 11 is 1.43. The van der Waals surface area contributed by atoms with Crippen LogP contribution in [0.4, 0.5) is 0 Å². The molecule has 7 heteroatoms. The van der Waals surface area contributed by atoms with Crippen molar-refractivity contribution in [2.45, 2.75) is 10.9 Å². The Labute approximate surface area is 101 Å². The fourth-order valence-electron chi connectivity index (χ4n) is 1.44. The zero-order chi connectivity index (χ0) is 11.7. The average Bonchev–Trinajstić information content (AvgIpc) is 2.92. The van der Waals surface area contributed by atoms with Crippen LogP contribution in [-0.2, 0) is 5.75 Å². The van der Waals surface area contributed by atoms with Gasteiger partial charge in [0.05, 0.1) is 5.75 Å². The molecule has 0 spiro atoms. The smallest absolute Gasteiger partial charge is 0.209 e. The van der Waals surface area contributed by atoms with Crippen molar-refractivity contribution < 1.29 is 4.42 Å². The number of nitrogen functional groups attached to an aromatic ring is 1. The molecule has 0 amide bonds. The van der Waals surface area contributed by atoms with Gasteiger partial charge in [-0.2, -0.15) is 0 Å². The molecule has 0 bridgehead atoms. The SMILES string of the molecule is Nn1cnnc1SCc1nc2ccccc2o1. The first kappa shape index (κ1) is 10.2. The Kier molecular flexibility index (Phi) is 2.45. The number of oxazole rings is 1. The molecule has 3 rings (SSSR count). The molecule has 6 nitrogen and oxygen atoms in total. The molecular weight excluding hydrogens is 238 g/mol. The van der Waals surface area contributed by atoms with Crippen LogP contribution in [0, 0.1) is 0 Å². The summed E-state index contributed by atoms with van der Waals surface area (Å²) in [5.41, 5.74) is 1.65. The predicted octanol–water partition coefficient (Wildman–Crippen LogP) is 1.43. The van der Waals surface area contributed by atoms with Gasteiger partial charge in [0.25, 0.3) is 0 Å². The number of hydrogen-bond acceptors (Lipinski definition) is 6. The molecule has 2 N–H and O–H groups in total. The van der Waals surface area contributed by atoms with Gasteiger partial charge in [0.2, 0.25) is 11.0 Å². The fourth-order valence-corrected chi connectivity index (χ4v) is 2.12. The predicted molar refractivity (Wildman–Crippen MR) is 63.7 cm³/mol. The molecule has 2 heterocycles. The van der Waals surface area contributed by atoms with Crippen molar-refractivity contribution in [3.63, 3.8) is 0 Å². The van der Waals surface area contributed by atoms with Crippen molar-refractivity contribution in [3.05, 3.63) is 36.5 Å². The summed E-state index contributed by atoms with van der Waals surface area (Å²) < 4.78 is 6.94. The number of fused-ring (bicyclic) bond motifs is 1. The second kappa shape index (κ2) is 4.10. The third-order valence-electron chi connectivity index (χ3n) is 2.20. The summed E-state index contributed by atoms with van der Waals surface area (Å²) in [6, 6.07) is 7.65. The monoisotopic (exact) mass is 247 g/mol. The average molecular weight is 247 g/mol. The van der Waals surface area contributed by atoms with Gasteiger partial charge in [0, 0.05) is 0 Å². The number of thioether (sulfide) groups is 1. The fraction of sp³-hybridized carbons (Fsp3) is 0.100. The molecule has 0 aliphatic heterocycles. The minimum atomic E-state index is 0.574. The lowest BCUT2D eigenvalue weighted by Crippen LogP contribution is -2.07. The standard InChI is InChI=1S/C10H9N5OS/c11-15-6-12-14-10(15)17-5-9-13-7-3-1-2-4-8(7)16-9/h1-4,6H,5,11H2. The largest absolute Gasteiger partial charge is 0.440 e. The van der Waals surface area contributed by atoms with E-state index in [4.69, 9.17) is 10.3 Å². The van der Waals surface area contributed by atoms with E-state index in [0.29, 0.717) is 16.8 Å². The van der Waals surface area contributed by atoms with Crippen molar-refractivity contribution >= 4 is 22.9 Å². The highest BCUT2D eigenvalue weighted by atomic mass is 32.2. The van der Waals surface area contributed by atoms with Crippen LogP contribution in [-0.4, -0.2) is 19.9 Å². The van der Waals surface area contributed by atoms with Gasteiger partial charge in [-0.25, -0.2) is 9.66 Å². The first-order valence-electron chi connectivity index (χ1n) is 4.95. The minimum absolute atomic E-state index is 0.574. The van der Waals surface area contributed by atoms with Gasteiger partial charge in [-0.3, -0.25) is 0 Å².